The Balaban J connectivity index is 1.96. The number of para-hydroxylation sites is 1. The highest BCUT2D eigenvalue weighted by molar-refractivity contribution is 6.09. The van der Waals surface area contributed by atoms with Crippen molar-refractivity contribution < 1.29 is 9.59 Å². The fourth-order valence-corrected chi connectivity index (χ4v) is 2.75. The van der Waals surface area contributed by atoms with Crippen LogP contribution in [0.15, 0.2) is 60.8 Å². The molecule has 23 heavy (non-hydrogen) atoms. The van der Waals surface area contributed by atoms with Crippen LogP contribution < -0.4 is 0 Å². The largest absolute Gasteiger partial charge is 0.337 e. The summed E-state index contributed by atoms with van der Waals surface area (Å²) in [5, 5.41) is 0.799. The predicted molar refractivity (Wildman–Crippen MR) is 90.5 cm³/mol. The van der Waals surface area contributed by atoms with Crippen LogP contribution in [0.5, 0.6) is 0 Å². The molecule has 0 aliphatic rings. The standard InChI is InChI=1S/C19H18N2O2/c1-14(22)21-13-17(16-10-6-7-11-18(16)21)19(23)20(2)12-15-8-4-3-5-9-15/h3-11,13H,12H2,1-2H3. The van der Waals surface area contributed by atoms with Crippen LogP contribution in [0.4, 0.5) is 0 Å². The van der Waals surface area contributed by atoms with Crippen LogP contribution in [0.2, 0.25) is 0 Å². The predicted octanol–water partition coefficient (Wildman–Crippen LogP) is 3.57. The number of hydrogen-bond acceptors (Lipinski definition) is 2. The van der Waals surface area contributed by atoms with Gasteiger partial charge in [0.2, 0.25) is 5.91 Å². The number of nitrogens with zero attached hydrogens (tertiary/aromatic N) is 2. The normalized spacial score (nSPS) is 10.7. The number of fused-ring (bicyclic) bond motifs is 1. The van der Waals surface area contributed by atoms with E-state index >= 15 is 0 Å². The maximum atomic E-state index is 12.8. The molecule has 2 aromatic carbocycles. The molecule has 3 aromatic rings. The molecule has 0 unspecified atom stereocenters. The Morgan fingerprint density at radius 3 is 2.35 bits per heavy atom. The number of carbonyl (C=O) groups excluding carboxylic acids is 2. The monoisotopic (exact) mass is 306 g/mol. The molecule has 0 saturated heterocycles. The van der Waals surface area contributed by atoms with Gasteiger partial charge >= 0.3 is 0 Å². The molecule has 116 valence electrons. The van der Waals surface area contributed by atoms with Crippen molar-refractivity contribution in [3.05, 3.63) is 71.9 Å². The highest BCUT2D eigenvalue weighted by Crippen LogP contribution is 2.23. The average molecular weight is 306 g/mol. The molecular weight excluding hydrogens is 288 g/mol. The molecule has 0 saturated carbocycles. The van der Waals surface area contributed by atoms with E-state index in [-0.39, 0.29) is 11.8 Å². The summed E-state index contributed by atoms with van der Waals surface area (Å²) in [5.74, 6) is -0.198. The van der Waals surface area contributed by atoms with Crippen molar-refractivity contribution in [1.82, 2.24) is 9.47 Å². The number of aromatic nitrogens is 1. The Morgan fingerprint density at radius 2 is 1.65 bits per heavy atom. The summed E-state index contributed by atoms with van der Waals surface area (Å²) in [5.41, 5.74) is 2.38. The Kier molecular flexibility index (Phi) is 3.98. The van der Waals surface area contributed by atoms with E-state index in [1.807, 2.05) is 54.6 Å². The third kappa shape index (κ3) is 2.88. The lowest BCUT2D eigenvalue weighted by molar-refractivity contribution is 0.0787. The minimum atomic E-state index is -0.106. The van der Waals surface area contributed by atoms with Gasteiger partial charge in [-0.15, -0.1) is 0 Å². The van der Waals surface area contributed by atoms with Gasteiger partial charge in [0.1, 0.15) is 0 Å². The summed E-state index contributed by atoms with van der Waals surface area (Å²) in [6, 6.07) is 17.3. The summed E-state index contributed by atoms with van der Waals surface area (Å²) in [7, 11) is 1.77. The van der Waals surface area contributed by atoms with Gasteiger partial charge in [-0.3, -0.25) is 14.2 Å². The molecule has 1 amide bonds. The molecule has 0 bridgehead atoms. The summed E-state index contributed by atoms with van der Waals surface area (Å²) in [6.45, 7) is 2.02. The first-order valence-electron chi connectivity index (χ1n) is 7.48. The average Bonchev–Trinajstić information content (AvgIpc) is 2.95. The minimum absolute atomic E-state index is 0.0925. The van der Waals surface area contributed by atoms with Crippen LogP contribution in [-0.4, -0.2) is 28.3 Å². The van der Waals surface area contributed by atoms with E-state index in [1.165, 1.54) is 11.5 Å². The van der Waals surface area contributed by atoms with Crippen LogP contribution in [0.3, 0.4) is 0 Å². The Morgan fingerprint density at radius 1 is 1.00 bits per heavy atom. The van der Waals surface area contributed by atoms with Crippen molar-refractivity contribution in [3.8, 4) is 0 Å². The van der Waals surface area contributed by atoms with Gasteiger partial charge in [0.05, 0.1) is 11.1 Å². The topological polar surface area (TPSA) is 42.3 Å². The fourth-order valence-electron chi connectivity index (χ4n) is 2.75. The Labute approximate surface area is 134 Å². The molecule has 0 radical (unpaired) electrons. The minimum Gasteiger partial charge on any atom is -0.337 e. The molecular formula is C19H18N2O2. The molecule has 0 aliphatic carbocycles. The van der Waals surface area contributed by atoms with E-state index in [0.717, 1.165) is 16.5 Å². The van der Waals surface area contributed by atoms with Crippen LogP contribution in [0, 0.1) is 0 Å². The maximum absolute atomic E-state index is 12.8. The van der Waals surface area contributed by atoms with Crippen LogP contribution in [0.1, 0.15) is 27.6 Å². The number of benzene rings is 2. The lowest BCUT2D eigenvalue weighted by atomic mass is 10.1. The van der Waals surface area contributed by atoms with Gasteiger partial charge in [-0.1, -0.05) is 48.5 Å². The molecule has 0 atom stereocenters. The van der Waals surface area contributed by atoms with Gasteiger partial charge < -0.3 is 4.90 Å². The van der Waals surface area contributed by atoms with Gasteiger partial charge in [0.25, 0.3) is 5.91 Å². The second kappa shape index (κ2) is 6.08. The molecule has 0 fully saturated rings. The third-order valence-electron chi connectivity index (χ3n) is 3.89. The molecule has 0 aliphatic heterocycles. The number of hydrogen-bond donors (Lipinski definition) is 0. The van der Waals surface area contributed by atoms with E-state index in [4.69, 9.17) is 0 Å². The first-order chi connectivity index (χ1) is 11.1. The molecule has 3 rings (SSSR count). The molecule has 1 heterocycles. The fraction of sp³-hybridized carbons (Fsp3) is 0.158. The number of amides is 1. The zero-order chi connectivity index (χ0) is 16.4. The second-order valence-corrected chi connectivity index (χ2v) is 5.60. The summed E-state index contributed by atoms with van der Waals surface area (Å²) in [4.78, 5) is 26.3. The van der Waals surface area contributed by atoms with Gasteiger partial charge in [0, 0.05) is 32.1 Å². The third-order valence-corrected chi connectivity index (χ3v) is 3.89. The Bertz CT molecular complexity index is 865. The van der Waals surface area contributed by atoms with Crippen LogP contribution >= 0.6 is 0 Å². The van der Waals surface area contributed by atoms with Crippen LogP contribution in [0.25, 0.3) is 10.9 Å². The first-order valence-corrected chi connectivity index (χ1v) is 7.48. The van der Waals surface area contributed by atoms with Gasteiger partial charge in [-0.2, -0.15) is 0 Å². The van der Waals surface area contributed by atoms with Crippen molar-refractivity contribution in [2.75, 3.05) is 7.05 Å². The Hall–Kier alpha value is -2.88. The van der Waals surface area contributed by atoms with E-state index in [2.05, 4.69) is 0 Å². The van der Waals surface area contributed by atoms with Crippen molar-refractivity contribution in [2.24, 2.45) is 0 Å². The lowest BCUT2D eigenvalue weighted by Gasteiger charge is -2.16. The zero-order valence-corrected chi connectivity index (χ0v) is 13.2. The van der Waals surface area contributed by atoms with Gasteiger partial charge in [-0.05, 0) is 11.6 Å². The highest BCUT2D eigenvalue weighted by Gasteiger charge is 2.19. The summed E-state index contributed by atoms with van der Waals surface area (Å²) >= 11 is 0. The molecule has 4 heteroatoms. The molecule has 1 aromatic heterocycles. The van der Waals surface area contributed by atoms with Crippen LogP contribution in [-0.2, 0) is 6.54 Å². The van der Waals surface area contributed by atoms with Crippen molar-refractivity contribution in [2.45, 2.75) is 13.5 Å². The highest BCUT2D eigenvalue weighted by atomic mass is 16.2. The summed E-state index contributed by atoms with van der Waals surface area (Å²) in [6.07, 6.45) is 1.64. The van der Waals surface area contributed by atoms with E-state index < -0.39 is 0 Å². The lowest BCUT2D eigenvalue weighted by Crippen LogP contribution is -2.26. The molecule has 0 N–H and O–H groups in total. The first kappa shape index (κ1) is 15.0. The second-order valence-electron chi connectivity index (χ2n) is 5.60. The SMILES string of the molecule is CC(=O)n1cc(C(=O)N(C)Cc2ccccc2)c2ccccc21. The summed E-state index contributed by atoms with van der Waals surface area (Å²) < 4.78 is 1.53. The number of rotatable bonds is 3. The van der Waals surface area contributed by atoms with Gasteiger partial charge in [-0.25, -0.2) is 0 Å². The van der Waals surface area contributed by atoms with Crippen molar-refractivity contribution in [3.63, 3.8) is 0 Å². The quantitative estimate of drug-likeness (QED) is 0.742. The van der Waals surface area contributed by atoms with E-state index in [9.17, 15) is 9.59 Å². The van der Waals surface area contributed by atoms with Crippen molar-refractivity contribution in [1.29, 1.82) is 0 Å². The van der Waals surface area contributed by atoms with Crippen molar-refractivity contribution >= 4 is 22.7 Å². The number of carbonyl (C=O) groups is 2. The maximum Gasteiger partial charge on any atom is 0.256 e. The smallest absolute Gasteiger partial charge is 0.256 e. The van der Waals surface area contributed by atoms with Gasteiger partial charge in [0.15, 0.2) is 0 Å². The zero-order valence-electron chi connectivity index (χ0n) is 13.2. The van der Waals surface area contributed by atoms with E-state index in [1.54, 1.807) is 18.1 Å². The molecule has 4 nitrogen and oxygen atoms in total. The van der Waals surface area contributed by atoms with E-state index in [0.29, 0.717) is 12.1 Å². The molecule has 0 spiro atoms.